The van der Waals surface area contributed by atoms with Crippen molar-refractivity contribution >= 4 is 13.8 Å². The second-order valence-corrected chi connectivity index (χ2v) is 7.21. The molecule has 2 unspecified atom stereocenters. The van der Waals surface area contributed by atoms with E-state index in [2.05, 4.69) is 11.6 Å². The quantitative estimate of drug-likeness (QED) is 0.409. The van der Waals surface area contributed by atoms with Gasteiger partial charge in [0.25, 0.3) is 0 Å². The molecule has 0 saturated heterocycles. The van der Waals surface area contributed by atoms with E-state index in [-0.39, 0.29) is 5.92 Å². The molecule has 0 N–H and O–H groups in total. The summed E-state index contributed by atoms with van der Waals surface area (Å²) in [6.07, 6.45) is 4.18. The van der Waals surface area contributed by atoms with E-state index in [1.807, 2.05) is 44.2 Å². The number of hydrogen-bond acceptors (Lipinski definition) is 4. The minimum Gasteiger partial charge on any atom is -0.307 e. The van der Waals surface area contributed by atoms with Crippen LogP contribution in [-0.4, -0.2) is 24.7 Å². The Morgan fingerprint density at radius 1 is 1.33 bits per heavy atom. The first-order valence-corrected chi connectivity index (χ1v) is 8.78. The highest BCUT2D eigenvalue weighted by atomic mass is 31.2. The molecule has 2 atom stereocenters. The summed E-state index contributed by atoms with van der Waals surface area (Å²) in [6, 6.07) is 9.73. The molecule has 1 aliphatic carbocycles. The topological polar surface area (TPSA) is 47.9 Å². The van der Waals surface area contributed by atoms with E-state index < -0.39 is 12.9 Å². The molecular weight excluding hydrogens is 285 g/mol. The van der Waals surface area contributed by atoms with E-state index >= 15 is 0 Å². The number of nitrogens with zero attached hydrogens (tertiary/aromatic N) is 1. The predicted molar refractivity (Wildman–Crippen MR) is 85.9 cm³/mol. The molecule has 21 heavy (non-hydrogen) atoms. The van der Waals surface area contributed by atoms with Crippen LogP contribution in [0.5, 0.6) is 0 Å². The third-order valence-corrected chi connectivity index (χ3v) is 6.32. The fraction of sp³-hybridized carbons (Fsp3) is 0.438. The fourth-order valence-corrected chi connectivity index (χ4v) is 4.73. The van der Waals surface area contributed by atoms with Crippen LogP contribution in [0.1, 0.15) is 25.8 Å². The molecular formula is C16H22NO3P. The van der Waals surface area contributed by atoms with Gasteiger partial charge in [0, 0.05) is 12.1 Å². The number of rotatable bonds is 8. The van der Waals surface area contributed by atoms with Gasteiger partial charge >= 0.3 is 7.60 Å². The minimum atomic E-state index is -3.29. The van der Waals surface area contributed by atoms with Crippen LogP contribution < -0.4 is 0 Å². The van der Waals surface area contributed by atoms with Gasteiger partial charge in [-0.2, -0.15) is 0 Å². The summed E-state index contributed by atoms with van der Waals surface area (Å²) in [5, 5.41) is -0.809. The maximum Gasteiger partial charge on any atom is 0.358 e. The molecule has 1 aromatic carbocycles. The second-order valence-electron chi connectivity index (χ2n) is 4.93. The van der Waals surface area contributed by atoms with Crippen LogP contribution in [0.3, 0.4) is 0 Å². The maximum absolute atomic E-state index is 13.1. The SMILES string of the molecule is C=CC1CC1(N=Cc1ccccc1)P(=O)(OCC)OCC. The molecule has 5 heteroatoms. The molecule has 0 spiro atoms. The number of benzene rings is 1. The van der Waals surface area contributed by atoms with Crippen LogP contribution in [0, 0.1) is 5.92 Å². The van der Waals surface area contributed by atoms with Crippen LogP contribution >= 0.6 is 7.60 Å². The van der Waals surface area contributed by atoms with E-state index in [0.717, 1.165) is 5.56 Å². The Bertz CT molecular complexity index is 548. The molecule has 0 aliphatic heterocycles. The highest BCUT2D eigenvalue weighted by Gasteiger charge is 2.67. The lowest BCUT2D eigenvalue weighted by molar-refractivity contribution is 0.209. The Morgan fingerprint density at radius 2 is 1.95 bits per heavy atom. The van der Waals surface area contributed by atoms with Crippen molar-refractivity contribution in [2.75, 3.05) is 13.2 Å². The average Bonchev–Trinajstić information content (AvgIpc) is 3.22. The molecule has 0 aromatic heterocycles. The van der Waals surface area contributed by atoms with Gasteiger partial charge in [0.05, 0.1) is 13.2 Å². The first kappa shape index (κ1) is 16.2. The van der Waals surface area contributed by atoms with E-state index in [1.54, 1.807) is 12.3 Å². The van der Waals surface area contributed by atoms with Crippen molar-refractivity contribution in [3.63, 3.8) is 0 Å². The highest BCUT2D eigenvalue weighted by molar-refractivity contribution is 7.56. The van der Waals surface area contributed by atoms with Gasteiger partial charge in [0.15, 0.2) is 5.28 Å². The molecule has 1 saturated carbocycles. The minimum absolute atomic E-state index is 0.0291. The average molecular weight is 307 g/mol. The number of aliphatic imine (C=N–C) groups is 1. The van der Waals surface area contributed by atoms with Crippen LogP contribution in [0.25, 0.3) is 0 Å². The zero-order valence-electron chi connectivity index (χ0n) is 12.6. The van der Waals surface area contributed by atoms with Crippen molar-refractivity contribution in [3.05, 3.63) is 48.6 Å². The van der Waals surface area contributed by atoms with Crippen molar-refractivity contribution in [3.8, 4) is 0 Å². The third kappa shape index (κ3) is 3.18. The fourth-order valence-electron chi connectivity index (χ4n) is 2.40. The van der Waals surface area contributed by atoms with Crippen LogP contribution in [0.4, 0.5) is 0 Å². The van der Waals surface area contributed by atoms with Crippen LogP contribution in [0.2, 0.25) is 0 Å². The van der Waals surface area contributed by atoms with E-state index in [9.17, 15) is 4.57 Å². The standard InChI is InChI=1S/C16H22NO3P/c1-4-15-12-16(15,21(18,19-5-2)20-6-3)17-13-14-10-8-7-9-11-14/h4,7-11,13,15H,1,5-6,12H2,2-3H3. The molecule has 0 heterocycles. The molecule has 114 valence electrons. The smallest absolute Gasteiger partial charge is 0.307 e. The molecule has 4 nitrogen and oxygen atoms in total. The lowest BCUT2D eigenvalue weighted by Gasteiger charge is -2.24. The Balaban J connectivity index is 2.31. The molecule has 2 rings (SSSR count). The highest BCUT2D eigenvalue weighted by Crippen LogP contribution is 2.75. The van der Waals surface area contributed by atoms with Gasteiger partial charge in [0.1, 0.15) is 0 Å². The van der Waals surface area contributed by atoms with Gasteiger partial charge in [-0.25, -0.2) is 0 Å². The first-order chi connectivity index (χ1) is 10.1. The summed E-state index contributed by atoms with van der Waals surface area (Å²) >= 11 is 0. The first-order valence-electron chi connectivity index (χ1n) is 7.24. The normalized spacial score (nSPS) is 25.1. The summed E-state index contributed by atoms with van der Waals surface area (Å²) in [5.41, 5.74) is 0.964. The Labute approximate surface area is 126 Å². The summed E-state index contributed by atoms with van der Waals surface area (Å²) in [4.78, 5) is 4.59. The van der Waals surface area contributed by atoms with Gasteiger partial charge in [-0.1, -0.05) is 36.4 Å². The maximum atomic E-state index is 13.1. The molecule has 1 fully saturated rings. The molecule has 1 aliphatic rings. The van der Waals surface area contributed by atoms with Crippen molar-refractivity contribution < 1.29 is 13.6 Å². The molecule has 0 radical (unpaired) electrons. The van der Waals surface area contributed by atoms with Crippen molar-refractivity contribution in [1.82, 2.24) is 0 Å². The largest absolute Gasteiger partial charge is 0.358 e. The zero-order chi connectivity index (χ0) is 15.3. The van der Waals surface area contributed by atoms with Gasteiger partial charge < -0.3 is 9.05 Å². The summed E-state index contributed by atoms with van der Waals surface area (Å²) < 4.78 is 24.1. The predicted octanol–water partition coefficient (Wildman–Crippen LogP) is 4.27. The molecule has 0 amide bonds. The van der Waals surface area contributed by atoms with E-state index in [1.165, 1.54) is 0 Å². The monoisotopic (exact) mass is 307 g/mol. The van der Waals surface area contributed by atoms with Crippen molar-refractivity contribution in [2.45, 2.75) is 25.5 Å². The van der Waals surface area contributed by atoms with Crippen LogP contribution in [-0.2, 0) is 13.6 Å². The van der Waals surface area contributed by atoms with Gasteiger partial charge in [-0.15, -0.1) is 6.58 Å². The zero-order valence-corrected chi connectivity index (χ0v) is 13.5. The lowest BCUT2D eigenvalue weighted by atomic mass is 10.2. The van der Waals surface area contributed by atoms with Crippen LogP contribution in [0.15, 0.2) is 48.0 Å². The van der Waals surface area contributed by atoms with Crippen molar-refractivity contribution in [2.24, 2.45) is 10.9 Å². The number of hydrogen-bond donors (Lipinski definition) is 0. The Kier molecular flexibility index (Phi) is 5.15. The summed E-state index contributed by atoms with van der Waals surface area (Å²) in [6.45, 7) is 8.10. The third-order valence-electron chi connectivity index (χ3n) is 3.55. The van der Waals surface area contributed by atoms with Gasteiger partial charge in [-0.3, -0.25) is 9.56 Å². The van der Waals surface area contributed by atoms with Gasteiger partial charge in [-0.05, 0) is 25.8 Å². The second kappa shape index (κ2) is 6.69. The molecule has 0 bridgehead atoms. The Morgan fingerprint density at radius 3 is 2.43 bits per heavy atom. The summed E-state index contributed by atoms with van der Waals surface area (Å²) in [5.74, 6) is 0.0291. The Hall–Kier alpha value is -1.22. The summed E-state index contributed by atoms with van der Waals surface area (Å²) in [7, 11) is -3.29. The van der Waals surface area contributed by atoms with Crippen molar-refractivity contribution in [1.29, 1.82) is 0 Å². The van der Waals surface area contributed by atoms with E-state index in [0.29, 0.717) is 19.6 Å². The lowest BCUT2D eigenvalue weighted by Crippen LogP contribution is -2.15. The van der Waals surface area contributed by atoms with Gasteiger partial charge in [0.2, 0.25) is 0 Å². The van der Waals surface area contributed by atoms with E-state index in [4.69, 9.17) is 9.05 Å². The molecule has 1 aromatic rings.